The van der Waals surface area contributed by atoms with Gasteiger partial charge in [0.15, 0.2) is 0 Å². The first-order chi connectivity index (χ1) is 10.3. The van der Waals surface area contributed by atoms with Gasteiger partial charge in [0.1, 0.15) is 0 Å². The van der Waals surface area contributed by atoms with Crippen LogP contribution in [0.4, 0.5) is 0 Å². The molecule has 0 spiro atoms. The van der Waals surface area contributed by atoms with E-state index in [0.29, 0.717) is 0 Å². The Balaban J connectivity index is 1.84. The number of benzene rings is 1. The van der Waals surface area contributed by atoms with Crippen LogP contribution in [0.25, 0.3) is 0 Å². The molecule has 2 atom stereocenters. The minimum absolute atomic E-state index is 0.00194. The van der Waals surface area contributed by atoms with Gasteiger partial charge in [-0.1, -0.05) is 37.1 Å². The lowest BCUT2D eigenvalue weighted by atomic mass is 9.82. The number of fused-ring (bicyclic) bond motifs is 1. The third kappa shape index (κ3) is 2.98. The Morgan fingerprint density at radius 1 is 1.14 bits per heavy atom. The molecule has 0 saturated carbocycles. The molecule has 1 aliphatic carbocycles. The van der Waals surface area contributed by atoms with Crippen LogP contribution >= 0.6 is 0 Å². The van der Waals surface area contributed by atoms with E-state index < -0.39 is 0 Å². The molecule has 1 aromatic carbocycles. The van der Waals surface area contributed by atoms with Gasteiger partial charge in [0, 0.05) is 6.54 Å². The number of hydrogen-bond donors (Lipinski definition) is 1. The van der Waals surface area contributed by atoms with Gasteiger partial charge < -0.3 is 10.0 Å². The number of aryl methyl sites for hydroxylation is 1. The summed E-state index contributed by atoms with van der Waals surface area (Å²) in [5, 5.41) is 9.64. The maximum absolute atomic E-state index is 13.1. The lowest BCUT2D eigenvalue weighted by molar-refractivity contribution is -0.136. The fraction of sp³-hybridized carbons (Fsp3) is 0.611. The molecule has 1 fully saturated rings. The average Bonchev–Trinajstić information content (AvgIpc) is 2.79. The number of amides is 1. The number of carbonyl (C=O) groups excluding carboxylic acids is 1. The summed E-state index contributed by atoms with van der Waals surface area (Å²) >= 11 is 0. The van der Waals surface area contributed by atoms with Gasteiger partial charge in [0.05, 0.1) is 18.6 Å². The molecule has 1 aromatic rings. The van der Waals surface area contributed by atoms with E-state index in [9.17, 15) is 9.90 Å². The number of rotatable bonds is 2. The Labute approximate surface area is 127 Å². The molecular formula is C18H25NO2. The van der Waals surface area contributed by atoms with Gasteiger partial charge in [0.25, 0.3) is 0 Å². The summed E-state index contributed by atoms with van der Waals surface area (Å²) < 4.78 is 0. The van der Waals surface area contributed by atoms with Crippen molar-refractivity contribution >= 4 is 5.91 Å². The number of nitrogens with zero attached hydrogens (tertiary/aromatic N) is 1. The van der Waals surface area contributed by atoms with Crippen molar-refractivity contribution in [2.75, 3.05) is 13.2 Å². The Hall–Kier alpha value is -1.35. The highest BCUT2D eigenvalue weighted by atomic mass is 16.3. The average molecular weight is 287 g/mol. The van der Waals surface area contributed by atoms with Crippen molar-refractivity contribution in [2.24, 2.45) is 0 Å². The van der Waals surface area contributed by atoms with Crippen LogP contribution in [0, 0.1) is 0 Å². The van der Waals surface area contributed by atoms with Gasteiger partial charge in [-0.05, 0) is 43.2 Å². The SMILES string of the molecule is O=C(C1CCCc2ccccc21)N1CCCCCC1CO. The van der Waals surface area contributed by atoms with Crippen LogP contribution in [0.1, 0.15) is 55.6 Å². The molecule has 2 unspecified atom stereocenters. The number of aliphatic hydroxyl groups is 1. The predicted molar refractivity (Wildman–Crippen MR) is 83.2 cm³/mol. The molecule has 0 radical (unpaired) electrons. The molecule has 1 saturated heterocycles. The van der Waals surface area contributed by atoms with Crippen molar-refractivity contribution in [1.82, 2.24) is 4.90 Å². The van der Waals surface area contributed by atoms with Crippen LogP contribution in [0.5, 0.6) is 0 Å². The van der Waals surface area contributed by atoms with Crippen molar-refractivity contribution in [2.45, 2.75) is 56.9 Å². The molecule has 2 aliphatic rings. The Kier molecular flexibility index (Phi) is 4.59. The maximum Gasteiger partial charge on any atom is 0.230 e. The highest BCUT2D eigenvalue weighted by molar-refractivity contribution is 5.84. The summed E-state index contributed by atoms with van der Waals surface area (Å²) in [6, 6.07) is 8.39. The second-order valence-corrected chi connectivity index (χ2v) is 6.36. The van der Waals surface area contributed by atoms with E-state index in [1.807, 2.05) is 11.0 Å². The molecule has 114 valence electrons. The fourth-order valence-electron chi connectivity index (χ4n) is 3.87. The first-order valence-electron chi connectivity index (χ1n) is 8.30. The van der Waals surface area contributed by atoms with E-state index >= 15 is 0 Å². The molecule has 3 rings (SSSR count). The molecule has 3 heteroatoms. The van der Waals surface area contributed by atoms with Crippen LogP contribution in [-0.2, 0) is 11.2 Å². The summed E-state index contributed by atoms with van der Waals surface area (Å²) in [5.74, 6) is 0.241. The van der Waals surface area contributed by atoms with Crippen molar-refractivity contribution < 1.29 is 9.90 Å². The number of aliphatic hydroxyl groups excluding tert-OH is 1. The van der Waals surface area contributed by atoms with Gasteiger partial charge in [-0.15, -0.1) is 0 Å². The van der Waals surface area contributed by atoms with Crippen molar-refractivity contribution in [1.29, 1.82) is 0 Å². The zero-order valence-corrected chi connectivity index (χ0v) is 12.6. The summed E-state index contributed by atoms with van der Waals surface area (Å²) in [6.07, 6.45) is 7.42. The number of hydrogen-bond acceptors (Lipinski definition) is 2. The van der Waals surface area contributed by atoms with Crippen LogP contribution < -0.4 is 0 Å². The molecule has 1 amide bonds. The first kappa shape index (κ1) is 14.6. The smallest absolute Gasteiger partial charge is 0.230 e. The second-order valence-electron chi connectivity index (χ2n) is 6.36. The van der Waals surface area contributed by atoms with Gasteiger partial charge in [0.2, 0.25) is 5.91 Å². The normalized spacial score (nSPS) is 26.0. The lowest BCUT2D eigenvalue weighted by Gasteiger charge is -2.34. The molecular weight excluding hydrogens is 262 g/mol. The van der Waals surface area contributed by atoms with Crippen LogP contribution in [0.3, 0.4) is 0 Å². The monoisotopic (exact) mass is 287 g/mol. The molecule has 1 heterocycles. The molecule has 1 N–H and O–H groups in total. The van der Waals surface area contributed by atoms with Gasteiger partial charge in [-0.2, -0.15) is 0 Å². The summed E-state index contributed by atoms with van der Waals surface area (Å²) in [4.78, 5) is 15.0. The number of carbonyl (C=O) groups is 1. The molecule has 0 aromatic heterocycles. The van der Waals surface area contributed by atoms with E-state index in [1.54, 1.807) is 0 Å². The fourth-order valence-corrected chi connectivity index (χ4v) is 3.87. The third-order valence-corrected chi connectivity index (χ3v) is 5.04. The molecule has 0 bridgehead atoms. The second kappa shape index (κ2) is 6.61. The standard InChI is InChI=1S/C18H25NO2/c20-13-15-9-2-1-5-12-19(15)18(21)17-11-6-8-14-7-3-4-10-16(14)17/h3-4,7,10,15,17,20H,1-2,5-6,8-9,11-13H2. The zero-order chi connectivity index (χ0) is 14.7. The molecule has 3 nitrogen and oxygen atoms in total. The van der Waals surface area contributed by atoms with E-state index in [2.05, 4.69) is 18.2 Å². The summed E-state index contributed by atoms with van der Waals surface area (Å²) in [7, 11) is 0. The zero-order valence-electron chi connectivity index (χ0n) is 12.6. The van der Waals surface area contributed by atoms with Gasteiger partial charge in [-0.3, -0.25) is 4.79 Å². The van der Waals surface area contributed by atoms with Gasteiger partial charge in [-0.25, -0.2) is 0 Å². The van der Waals surface area contributed by atoms with Crippen molar-refractivity contribution in [3.05, 3.63) is 35.4 Å². The minimum atomic E-state index is 0.00194. The molecule has 21 heavy (non-hydrogen) atoms. The Morgan fingerprint density at radius 2 is 2.00 bits per heavy atom. The van der Waals surface area contributed by atoms with Gasteiger partial charge >= 0.3 is 0 Å². The van der Waals surface area contributed by atoms with Crippen molar-refractivity contribution in [3.8, 4) is 0 Å². The summed E-state index contributed by atoms with van der Waals surface area (Å²) in [6.45, 7) is 0.906. The van der Waals surface area contributed by atoms with E-state index in [0.717, 1.165) is 45.1 Å². The van der Waals surface area contributed by atoms with Crippen LogP contribution in [0.2, 0.25) is 0 Å². The topological polar surface area (TPSA) is 40.5 Å². The summed E-state index contributed by atoms with van der Waals surface area (Å²) in [5.41, 5.74) is 2.55. The van der Waals surface area contributed by atoms with Crippen LogP contribution in [0.15, 0.2) is 24.3 Å². The molecule has 1 aliphatic heterocycles. The first-order valence-corrected chi connectivity index (χ1v) is 8.30. The predicted octanol–water partition coefficient (Wildman–Crippen LogP) is 2.87. The van der Waals surface area contributed by atoms with E-state index in [-0.39, 0.29) is 24.5 Å². The maximum atomic E-state index is 13.1. The highest BCUT2D eigenvalue weighted by Gasteiger charge is 2.33. The minimum Gasteiger partial charge on any atom is -0.394 e. The third-order valence-electron chi connectivity index (χ3n) is 5.04. The Bertz CT molecular complexity index is 500. The quantitative estimate of drug-likeness (QED) is 0.908. The number of likely N-dealkylation sites (tertiary alicyclic amines) is 1. The van der Waals surface area contributed by atoms with Crippen molar-refractivity contribution in [3.63, 3.8) is 0 Å². The van der Waals surface area contributed by atoms with E-state index in [4.69, 9.17) is 0 Å². The van der Waals surface area contributed by atoms with E-state index in [1.165, 1.54) is 17.5 Å². The Morgan fingerprint density at radius 3 is 2.86 bits per heavy atom. The highest BCUT2D eigenvalue weighted by Crippen LogP contribution is 2.34. The lowest BCUT2D eigenvalue weighted by Crippen LogP contribution is -2.45. The largest absolute Gasteiger partial charge is 0.394 e. The van der Waals surface area contributed by atoms with Crippen LogP contribution in [-0.4, -0.2) is 35.1 Å².